The van der Waals surface area contributed by atoms with Gasteiger partial charge < -0.3 is 9.84 Å². The van der Waals surface area contributed by atoms with Gasteiger partial charge in [-0.3, -0.25) is 0 Å². The van der Waals surface area contributed by atoms with Crippen LogP contribution in [0, 0.1) is 5.92 Å². The minimum Gasteiger partial charge on any atom is -0.384 e. The van der Waals surface area contributed by atoms with Gasteiger partial charge in [0.05, 0.1) is 15.5 Å². The van der Waals surface area contributed by atoms with Gasteiger partial charge in [0.1, 0.15) is 6.10 Å². The van der Waals surface area contributed by atoms with Gasteiger partial charge in [-0.25, -0.2) is 0 Å². The van der Waals surface area contributed by atoms with E-state index in [1.54, 1.807) is 0 Å². The SMILES string of the molecule is CCOC1(C(O)c2sccc2Cl)CCCC(C)C1. The van der Waals surface area contributed by atoms with E-state index in [1.807, 2.05) is 18.4 Å². The van der Waals surface area contributed by atoms with Gasteiger partial charge in [-0.05, 0) is 37.1 Å². The maximum atomic E-state index is 10.7. The van der Waals surface area contributed by atoms with Crippen molar-refractivity contribution >= 4 is 22.9 Å². The molecule has 0 aliphatic heterocycles. The van der Waals surface area contributed by atoms with Crippen LogP contribution >= 0.6 is 22.9 Å². The molecule has 102 valence electrons. The van der Waals surface area contributed by atoms with Crippen molar-refractivity contribution < 1.29 is 9.84 Å². The second-order valence-electron chi connectivity index (χ2n) is 5.23. The highest BCUT2D eigenvalue weighted by molar-refractivity contribution is 7.10. The van der Waals surface area contributed by atoms with E-state index in [-0.39, 0.29) is 0 Å². The quantitative estimate of drug-likeness (QED) is 0.889. The van der Waals surface area contributed by atoms with Crippen molar-refractivity contribution in [2.45, 2.75) is 51.2 Å². The Hall–Kier alpha value is -0.0900. The fraction of sp³-hybridized carbons (Fsp3) is 0.714. The minimum absolute atomic E-state index is 0.444. The third-order valence-electron chi connectivity index (χ3n) is 3.81. The number of thiophene rings is 1. The molecular formula is C14H21ClO2S. The molecule has 1 aliphatic carbocycles. The van der Waals surface area contributed by atoms with Crippen molar-refractivity contribution in [3.8, 4) is 0 Å². The van der Waals surface area contributed by atoms with Gasteiger partial charge in [0.15, 0.2) is 0 Å². The zero-order chi connectivity index (χ0) is 13.2. The van der Waals surface area contributed by atoms with Crippen molar-refractivity contribution in [2.75, 3.05) is 6.61 Å². The standard InChI is InChI=1S/C14H21ClO2S/c1-3-17-14(7-4-5-10(2)9-14)13(16)12-11(15)6-8-18-12/h6,8,10,13,16H,3-5,7,9H2,1-2H3. The van der Waals surface area contributed by atoms with Gasteiger partial charge in [0, 0.05) is 6.61 Å². The highest BCUT2D eigenvalue weighted by Gasteiger charge is 2.43. The molecule has 1 saturated carbocycles. The normalized spacial score (nSPS) is 30.3. The largest absolute Gasteiger partial charge is 0.384 e. The Morgan fingerprint density at radius 2 is 2.44 bits per heavy atom. The zero-order valence-corrected chi connectivity index (χ0v) is 12.6. The minimum atomic E-state index is -0.604. The third kappa shape index (κ3) is 2.74. The molecule has 1 aromatic heterocycles. The molecule has 1 heterocycles. The number of hydrogen-bond acceptors (Lipinski definition) is 3. The Morgan fingerprint density at radius 1 is 1.67 bits per heavy atom. The molecule has 0 aromatic carbocycles. The molecule has 3 atom stereocenters. The lowest BCUT2D eigenvalue weighted by atomic mass is 9.75. The Balaban J connectivity index is 2.26. The lowest BCUT2D eigenvalue weighted by Gasteiger charge is -2.42. The molecule has 0 amide bonds. The summed E-state index contributed by atoms with van der Waals surface area (Å²) in [6.45, 7) is 4.85. The lowest BCUT2D eigenvalue weighted by Crippen LogP contribution is -2.43. The summed E-state index contributed by atoms with van der Waals surface area (Å²) in [5, 5.41) is 13.3. The van der Waals surface area contributed by atoms with E-state index < -0.39 is 11.7 Å². The molecule has 1 aliphatic rings. The lowest BCUT2D eigenvalue weighted by molar-refractivity contribution is -0.148. The number of aliphatic hydroxyl groups excluding tert-OH is 1. The summed E-state index contributed by atoms with van der Waals surface area (Å²) >= 11 is 7.66. The first-order chi connectivity index (χ1) is 8.59. The Bertz CT molecular complexity index is 389. The van der Waals surface area contributed by atoms with Gasteiger partial charge in [-0.15, -0.1) is 11.3 Å². The van der Waals surface area contributed by atoms with E-state index in [0.717, 1.165) is 24.1 Å². The number of halogens is 1. The highest BCUT2D eigenvalue weighted by atomic mass is 35.5. The molecule has 1 aromatic rings. The molecule has 0 radical (unpaired) electrons. The molecule has 0 bridgehead atoms. The van der Waals surface area contributed by atoms with Gasteiger partial charge in [-0.2, -0.15) is 0 Å². The first-order valence-corrected chi connectivity index (χ1v) is 7.89. The van der Waals surface area contributed by atoms with Crippen LogP contribution in [0.1, 0.15) is 50.5 Å². The molecule has 0 saturated heterocycles. The maximum absolute atomic E-state index is 10.7. The Labute approximate surface area is 118 Å². The molecule has 0 spiro atoms. The summed E-state index contributed by atoms with van der Waals surface area (Å²) in [4.78, 5) is 0.846. The molecule has 1 fully saturated rings. The molecule has 18 heavy (non-hydrogen) atoms. The predicted octanol–water partition coefficient (Wildman–Crippen LogP) is 4.42. The number of rotatable bonds is 4. The first-order valence-electron chi connectivity index (χ1n) is 6.64. The van der Waals surface area contributed by atoms with Crippen LogP contribution in [0.3, 0.4) is 0 Å². The average molecular weight is 289 g/mol. The fourth-order valence-electron chi connectivity index (χ4n) is 3.03. The topological polar surface area (TPSA) is 29.5 Å². The number of ether oxygens (including phenoxy) is 1. The molecule has 1 N–H and O–H groups in total. The van der Waals surface area contributed by atoms with Crippen molar-refractivity contribution in [1.82, 2.24) is 0 Å². The van der Waals surface area contributed by atoms with Crippen molar-refractivity contribution in [2.24, 2.45) is 5.92 Å². The van der Waals surface area contributed by atoms with Crippen LogP contribution < -0.4 is 0 Å². The summed E-state index contributed by atoms with van der Waals surface area (Å²) in [6.07, 6.45) is 3.56. The first kappa shape index (κ1) is 14.3. The summed E-state index contributed by atoms with van der Waals surface area (Å²) < 4.78 is 5.98. The van der Waals surface area contributed by atoms with Crippen LogP contribution in [0.4, 0.5) is 0 Å². The van der Waals surface area contributed by atoms with Crippen LogP contribution in [0.2, 0.25) is 5.02 Å². The second kappa shape index (κ2) is 5.91. The van der Waals surface area contributed by atoms with E-state index in [0.29, 0.717) is 17.5 Å². The van der Waals surface area contributed by atoms with Crippen molar-refractivity contribution in [3.63, 3.8) is 0 Å². The second-order valence-corrected chi connectivity index (χ2v) is 6.59. The van der Waals surface area contributed by atoms with Gasteiger partial charge >= 0.3 is 0 Å². The van der Waals surface area contributed by atoms with E-state index in [1.165, 1.54) is 17.8 Å². The smallest absolute Gasteiger partial charge is 0.119 e. The summed E-state index contributed by atoms with van der Waals surface area (Å²) in [5.41, 5.74) is -0.444. The fourth-order valence-corrected chi connectivity index (χ4v) is 4.28. The number of aliphatic hydroxyl groups is 1. The van der Waals surface area contributed by atoms with E-state index in [2.05, 4.69) is 6.92 Å². The third-order valence-corrected chi connectivity index (χ3v) is 5.23. The van der Waals surface area contributed by atoms with E-state index in [9.17, 15) is 5.11 Å². The van der Waals surface area contributed by atoms with E-state index in [4.69, 9.17) is 16.3 Å². The Morgan fingerprint density at radius 3 is 3.00 bits per heavy atom. The van der Waals surface area contributed by atoms with Gasteiger partial charge in [-0.1, -0.05) is 31.4 Å². The maximum Gasteiger partial charge on any atom is 0.119 e. The van der Waals surface area contributed by atoms with E-state index >= 15 is 0 Å². The highest BCUT2D eigenvalue weighted by Crippen LogP contribution is 2.46. The summed E-state index contributed by atoms with van der Waals surface area (Å²) in [6, 6.07) is 1.84. The zero-order valence-electron chi connectivity index (χ0n) is 11.0. The Kier molecular flexibility index (Phi) is 4.70. The number of hydrogen-bond donors (Lipinski definition) is 1. The van der Waals surface area contributed by atoms with Crippen LogP contribution in [0.15, 0.2) is 11.4 Å². The van der Waals surface area contributed by atoms with Crippen molar-refractivity contribution in [3.05, 3.63) is 21.3 Å². The summed E-state index contributed by atoms with van der Waals surface area (Å²) in [5.74, 6) is 0.596. The van der Waals surface area contributed by atoms with Crippen molar-refractivity contribution in [1.29, 1.82) is 0 Å². The molecular weight excluding hydrogens is 268 g/mol. The van der Waals surface area contributed by atoms with Crippen LogP contribution in [-0.2, 0) is 4.74 Å². The van der Waals surface area contributed by atoms with Crippen LogP contribution in [0.25, 0.3) is 0 Å². The molecule has 2 rings (SSSR count). The summed E-state index contributed by atoms with van der Waals surface area (Å²) in [7, 11) is 0. The van der Waals surface area contributed by atoms with Crippen LogP contribution in [0.5, 0.6) is 0 Å². The van der Waals surface area contributed by atoms with Gasteiger partial charge in [0.25, 0.3) is 0 Å². The van der Waals surface area contributed by atoms with Crippen LogP contribution in [-0.4, -0.2) is 17.3 Å². The monoisotopic (exact) mass is 288 g/mol. The van der Waals surface area contributed by atoms with Gasteiger partial charge in [0.2, 0.25) is 0 Å². The molecule has 3 unspecified atom stereocenters. The molecule has 4 heteroatoms. The molecule has 2 nitrogen and oxygen atoms in total. The average Bonchev–Trinajstić information content (AvgIpc) is 2.75. The predicted molar refractivity (Wildman–Crippen MR) is 76.3 cm³/mol.